The van der Waals surface area contributed by atoms with Crippen LogP contribution < -0.4 is 0 Å². The molecular formula is C12H21N. The first-order valence-corrected chi connectivity index (χ1v) is 6.14. The summed E-state index contributed by atoms with van der Waals surface area (Å²) in [5, 5.41) is 0. The van der Waals surface area contributed by atoms with E-state index in [0.29, 0.717) is 0 Å². The van der Waals surface area contributed by atoms with Crippen molar-refractivity contribution < 1.29 is 0 Å². The van der Waals surface area contributed by atoms with Crippen molar-refractivity contribution in [3.05, 3.63) is 0 Å². The second-order valence-electron chi connectivity index (χ2n) is 5.42. The Balaban J connectivity index is 1.43. The molecule has 0 aromatic rings. The molecule has 0 spiro atoms. The van der Waals surface area contributed by atoms with Crippen molar-refractivity contribution in [1.82, 2.24) is 4.90 Å². The fourth-order valence-electron chi connectivity index (χ4n) is 2.84. The Morgan fingerprint density at radius 3 is 1.92 bits per heavy atom. The van der Waals surface area contributed by atoms with E-state index in [1.165, 1.54) is 45.3 Å². The van der Waals surface area contributed by atoms with Crippen molar-refractivity contribution in [3.8, 4) is 0 Å². The van der Waals surface area contributed by atoms with E-state index in [2.05, 4.69) is 4.90 Å². The van der Waals surface area contributed by atoms with Crippen molar-refractivity contribution in [2.45, 2.75) is 38.5 Å². The number of hydrogen-bond donors (Lipinski definition) is 0. The molecule has 0 bridgehead atoms. The van der Waals surface area contributed by atoms with Crippen LogP contribution in [0.25, 0.3) is 0 Å². The summed E-state index contributed by atoms with van der Waals surface area (Å²) in [6, 6.07) is 0. The predicted octanol–water partition coefficient (Wildman–Crippen LogP) is 2.52. The van der Waals surface area contributed by atoms with Gasteiger partial charge in [-0.2, -0.15) is 0 Å². The molecule has 1 saturated heterocycles. The van der Waals surface area contributed by atoms with E-state index in [0.717, 1.165) is 17.8 Å². The average molecular weight is 179 g/mol. The van der Waals surface area contributed by atoms with E-state index in [-0.39, 0.29) is 0 Å². The fourth-order valence-corrected chi connectivity index (χ4v) is 2.84. The number of likely N-dealkylation sites (tertiary alicyclic amines) is 1. The van der Waals surface area contributed by atoms with Gasteiger partial charge in [0, 0.05) is 6.54 Å². The molecule has 3 rings (SSSR count). The van der Waals surface area contributed by atoms with E-state index in [1.807, 2.05) is 0 Å². The summed E-state index contributed by atoms with van der Waals surface area (Å²) in [5.41, 5.74) is 0. The molecule has 2 saturated carbocycles. The molecule has 0 amide bonds. The van der Waals surface area contributed by atoms with Gasteiger partial charge in [0.2, 0.25) is 0 Å². The lowest BCUT2D eigenvalue weighted by Crippen LogP contribution is -2.35. The van der Waals surface area contributed by atoms with Gasteiger partial charge in [0.05, 0.1) is 0 Å². The number of nitrogens with zero attached hydrogens (tertiary/aromatic N) is 1. The van der Waals surface area contributed by atoms with Crippen LogP contribution >= 0.6 is 0 Å². The van der Waals surface area contributed by atoms with Crippen LogP contribution in [0.5, 0.6) is 0 Å². The molecule has 2 aliphatic carbocycles. The topological polar surface area (TPSA) is 3.24 Å². The zero-order chi connectivity index (χ0) is 8.67. The van der Waals surface area contributed by atoms with Gasteiger partial charge in [-0.25, -0.2) is 0 Å². The molecular weight excluding hydrogens is 158 g/mol. The summed E-state index contributed by atoms with van der Waals surface area (Å²) < 4.78 is 0. The lowest BCUT2D eigenvalue weighted by atomic mass is 9.92. The Hall–Kier alpha value is -0.0400. The van der Waals surface area contributed by atoms with Crippen LogP contribution in [0.1, 0.15) is 38.5 Å². The summed E-state index contributed by atoms with van der Waals surface area (Å²) in [7, 11) is 0. The van der Waals surface area contributed by atoms with Crippen LogP contribution in [0.4, 0.5) is 0 Å². The van der Waals surface area contributed by atoms with Gasteiger partial charge in [-0.3, -0.25) is 0 Å². The van der Waals surface area contributed by atoms with Gasteiger partial charge in [0.1, 0.15) is 0 Å². The van der Waals surface area contributed by atoms with Crippen molar-refractivity contribution in [2.24, 2.45) is 17.8 Å². The number of rotatable bonds is 3. The molecule has 1 heteroatoms. The van der Waals surface area contributed by atoms with Gasteiger partial charge in [0.15, 0.2) is 0 Å². The summed E-state index contributed by atoms with van der Waals surface area (Å²) in [6.07, 6.45) is 9.15. The molecule has 0 unspecified atom stereocenters. The molecule has 74 valence electrons. The first kappa shape index (κ1) is 8.28. The lowest BCUT2D eigenvalue weighted by molar-refractivity contribution is 0.167. The van der Waals surface area contributed by atoms with Gasteiger partial charge in [-0.1, -0.05) is 0 Å². The smallest absolute Gasteiger partial charge is 0.000966 e. The van der Waals surface area contributed by atoms with E-state index in [4.69, 9.17) is 0 Å². The highest BCUT2D eigenvalue weighted by Gasteiger charge is 2.34. The summed E-state index contributed by atoms with van der Waals surface area (Å²) in [5.74, 6) is 3.37. The molecule has 1 nitrogen and oxygen atoms in total. The quantitative estimate of drug-likeness (QED) is 0.643. The Morgan fingerprint density at radius 1 is 0.769 bits per heavy atom. The molecule has 13 heavy (non-hydrogen) atoms. The second-order valence-corrected chi connectivity index (χ2v) is 5.42. The largest absolute Gasteiger partial charge is 0.303 e. The third-order valence-electron chi connectivity index (χ3n) is 4.13. The molecule has 0 aromatic heterocycles. The molecule has 3 fully saturated rings. The number of hydrogen-bond acceptors (Lipinski definition) is 1. The fraction of sp³-hybridized carbons (Fsp3) is 1.00. The van der Waals surface area contributed by atoms with Crippen molar-refractivity contribution in [3.63, 3.8) is 0 Å². The first-order chi connectivity index (χ1) is 6.42. The lowest BCUT2D eigenvalue weighted by Gasteiger charge is -2.32. The van der Waals surface area contributed by atoms with Gasteiger partial charge in [-0.15, -0.1) is 0 Å². The van der Waals surface area contributed by atoms with Gasteiger partial charge in [-0.05, 0) is 69.4 Å². The SMILES string of the molecule is C1CC1CN1CCC(C2CC2)CC1. The Morgan fingerprint density at radius 2 is 1.38 bits per heavy atom. The zero-order valence-corrected chi connectivity index (χ0v) is 8.54. The third kappa shape index (κ3) is 2.07. The highest BCUT2D eigenvalue weighted by atomic mass is 15.1. The van der Waals surface area contributed by atoms with E-state index < -0.39 is 0 Å². The minimum absolute atomic E-state index is 1.09. The number of piperidine rings is 1. The van der Waals surface area contributed by atoms with E-state index in [9.17, 15) is 0 Å². The standard InChI is InChI=1S/C12H21N/c1-2-10(1)9-13-7-5-12(6-8-13)11-3-4-11/h10-12H,1-9H2. The maximum absolute atomic E-state index is 2.72. The average Bonchev–Trinajstić information content (AvgIpc) is 3.01. The molecule has 1 heterocycles. The molecule has 1 aliphatic heterocycles. The molecule has 0 aromatic carbocycles. The Bertz CT molecular complexity index is 174. The highest BCUT2D eigenvalue weighted by molar-refractivity contribution is 4.86. The third-order valence-corrected chi connectivity index (χ3v) is 4.13. The van der Waals surface area contributed by atoms with Crippen LogP contribution in [0.3, 0.4) is 0 Å². The maximum Gasteiger partial charge on any atom is 0.000966 e. The molecule has 0 N–H and O–H groups in total. The summed E-state index contributed by atoms with van der Waals surface area (Å²) in [6.45, 7) is 4.26. The Kier molecular flexibility index (Phi) is 2.08. The summed E-state index contributed by atoms with van der Waals surface area (Å²) >= 11 is 0. The highest BCUT2D eigenvalue weighted by Crippen LogP contribution is 2.42. The minimum Gasteiger partial charge on any atom is -0.303 e. The summed E-state index contributed by atoms with van der Waals surface area (Å²) in [4.78, 5) is 2.72. The molecule has 0 radical (unpaired) electrons. The van der Waals surface area contributed by atoms with Crippen LogP contribution in [-0.4, -0.2) is 24.5 Å². The predicted molar refractivity (Wildman–Crippen MR) is 54.6 cm³/mol. The van der Waals surface area contributed by atoms with Crippen LogP contribution in [0.15, 0.2) is 0 Å². The normalized spacial score (nSPS) is 32.3. The van der Waals surface area contributed by atoms with Crippen molar-refractivity contribution in [1.29, 1.82) is 0 Å². The first-order valence-electron chi connectivity index (χ1n) is 6.14. The van der Waals surface area contributed by atoms with Gasteiger partial charge >= 0.3 is 0 Å². The minimum atomic E-state index is 1.09. The van der Waals surface area contributed by atoms with Crippen LogP contribution in [-0.2, 0) is 0 Å². The van der Waals surface area contributed by atoms with Gasteiger partial charge < -0.3 is 4.90 Å². The van der Waals surface area contributed by atoms with Crippen LogP contribution in [0.2, 0.25) is 0 Å². The maximum atomic E-state index is 2.72. The van der Waals surface area contributed by atoms with Gasteiger partial charge in [0.25, 0.3) is 0 Å². The molecule has 0 atom stereocenters. The van der Waals surface area contributed by atoms with Crippen molar-refractivity contribution >= 4 is 0 Å². The van der Waals surface area contributed by atoms with E-state index >= 15 is 0 Å². The van der Waals surface area contributed by atoms with Crippen molar-refractivity contribution in [2.75, 3.05) is 19.6 Å². The van der Waals surface area contributed by atoms with E-state index in [1.54, 1.807) is 12.8 Å². The monoisotopic (exact) mass is 179 g/mol. The zero-order valence-electron chi connectivity index (χ0n) is 8.54. The second kappa shape index (κ2) is 3.27. The van der Waals surface area contributed by atoms with Crippen LogP contribution in [0, 0.1) is 17.8 Å². The molecule has 3 aliphatic rings. The Labute approximate surface area is 81.5 Å².